The Hall–Kier alpha value is -19.1. The molecule has 0 aliphatic heterocycles. The molecule has 9 nitrogen and oxygen atoms in total. The van der Waals surface area contributed by atoms with E-state index in [0.29, 0.717) is 17.5 Å². The molecule has 0 saturated heterocycles. The number of nitrogens with zero attached hydrogens (tertiary/aromatic N) is 9. The third-order valence-corrected chi connectivity index (χ3v) is 26.2. The highest BCUT2D eigenvalue weighted by atomic mass is 14.9. The summed E-state index contributed by atoms with van der Waals surface area (Å²) in [6.45, 7) is 0. The lowest BCUT2D eigenvalue weighted by molar-refractivity contribution is 1.18. The molecular weight excluding hydrogens is 1720 g/mol. The predicted octanol–water partition coefficient (Wildman–Crippen LogP) is 34.2. The van der Waals surface area contributed by atoms with E-state index in [1.165, 1.54) is 98.7 Å². The van der Waals surface area contributed by atoms with Crippen molar-refractivity contribution in [1.29, 1.82) is 0 Å². The van der Waals surface area contributed by atoms with Gasteiger partial charge in [0.1, 0.15) is 0 Å². The van der Waals surface area contributed by atoms with E-state index < -0.39 is 0 Å². The van der Waals surface area contributed by atoms with Gasteiger partial charge in [-0.3, -0.25) is 15.0 Å². The first-order chi connectivity index (χ1) is 70.3. The topological polar surface area (TPSA) is 116 Å². The fourth-order valence-electron chi connectivity index (χ4n) is 18.7. The van der Waals surface area contributed by atoms with E-state index in [1.807, 2.05) is 55.0 Å². The van der Waals surface area contributed by atoms with E-state index in [9.17, 15) is 0 Å². The Bertz CT molecular complexity index is 8560. The average Bonchev–Trinajstić information content (AvgIpc) is 0.745. The number of hydrogen-bond donors (Lipinski definition) is 0. The number of benzene rings is 19. The van der Waals surface area contributed by atoms with Crippen LogP contribution in [0.4, 0.5) is 0 Å². The molecule has 666 valence electrons. The van der Waals surface area contributed by atoms with Gasteiger partial charge in [-0.25, -0.2) is 29.9 Å². The number of fused-ring (bicyclic) bond motifs is 5. The van der Waals surface area contributed by atoms with Crippen LogP contribution >= 0.6 is 0 Å². The van der Waals surface area contributed by atoms with Crippen LogP contribution in [0.25, 0.3) is 245 Å². The summed E-state index contributed by atoms with van der Waals surface area (Å²) in [4.78, 5) is 43.6. The summed E-state index contributed by atoms with van der Waals surface area (Å²) >= 11 is 0. The van der Waals surface area contributed by atoms with Crippen LogP contribution in [-0.2, 0) is 0 Å². The molecule has 0 spiro atoms. The Balaban J connectivity index is 0.000000119. The summed E-state index contributed by atoms with van der Waals surface area (Å²) in [5, 5.41) is 9.96. The van der Waals surface area contributed by atoms with Gasteiger partial charge in [0.25, 0.3) is 0 Å². The Morgan fingerprint density at radius 1 is 0.113 bits per heavy atom. The Morgan fingerprint density at radius 2 is 0.373 bits per heavy atom. The Morgan fingerprint density at radius 3 is 0.789 bits per heavy atom. The molecule has 6 aromatic heterocycles. The van der Waals surface area contributed by atoms with Crippen molar-refractivity contribution < 1.29 is 0 Å². The van der Waals surface area contributed by atoms with E-state index in [0.717, 1.165) is 129 Å². The van der Waals surface area contributed by atoms with Gasteiger partial charge in [-0.15, -0.1) is 0 Å². The zero-order valence-corrected chi connectivity index (χ0v) is 77.4. The SMILES string of the molecule is c1ccc(-c2ccc(-c3cc(-c4ccc(-c5cccnc5)cc4)nc(-c4ccc(-c5cc6ccccc6c6ccccc56)cc4)n3)cc2)cc1.c1ccc(-c2ccc(-c3cc(-c4ccc(-c5cccnc5)cc4)nc(-c4ccc(-c5cccc6ccccc56)cc4)n3)cc2)cc1.c1ccc(-c2ccc(-c3cc(-c4cccc(-c5cccnc5)c4)nc(-c4ccc(-c5ccc6ccccc6c5)cc4)n3)cc2)cc1. The third kappa shape index (κ3) is 19.1. The molecular formula is C133H89N9. The van der Waals surface area contributed by atoms with Gasteiger partial charge in [0.15, 0.2) is 17.5 Å². The number of rotatable bonds is 18. The zero-order chi connectivity index (χ0) is 94.7. The Kier molecular flexibility index (Phi) is 24.5. The standard InChI is InChI=1S/C47H31N3.2C43H29N3/c1-2-9-32(10-3-1)33-16-22-36(23-17-33)45-30-46(37-24-18-34(19-25-37)40-12-8-28-48-31-40)50-47(49-45)38-26-20-35(21-27-38)44-29-39-11-4-5-13-41(39)42-14-6-7-15-43(42)44;1-2-8-30(9-3-1)31-15-21-35(22-16-31)41-28-42(36-23-17-32(18-24-36)38-12-7-27-44-29-38)46-43(45-41)37-25-19-34(20-26-37)40-14-6-11-33-10-4-5-13-39(33)40;1-2-8-30(9-3-1)32-15-20-34(21-16-32)41-28-42(39-13-6-12-37(27-39)40-14-7-25-44-29-40)46-43(45-41)35-22-17-33(18-23-35)38-24-19-31-10-4-5-11-36(31)26-38/h1-31H;2*1-29H. The number of hydrogen-bond acceptors (Lipinski definition) is 9. The molecule has 25 aromatic rings. The van der Waals surface area contributed by atoms with Crippen molar-refractivity contribution in [3.8, 4) is 202 Å². The number of pyridine rings is 3. The molecule has 6 heterocycles. The summed E-state index contributed by atoms with van der Waals surface area (Å²) in [6, 6.07) is 176. The van der Waals surface area contributed by atoms with Crippen molar-refractivity contribution in [3.63, 3.8) is 0 Å². The average molecular weight is 1810 g/mol. The fraction of sp³-hybridized carbons (Fsp3) is 0. The minimum absolute atomic E-state index is 0.691. The first-order valence-electron chi connectivity index (χ1n) is 47.7. The smallest absolute Gasteiger partial charge is 0.160 e. The first kappa shape index (κ1) is 87.0. The quantitative estimate of drug-likeness (QED) is 0.0774. The summed E-state index contributed by atoms with van der Waals surface area (Å²) in [6.07, 6.45) is 11.1. The van der Waals surface area contributed by atoms with Crippen molar-refractivity contribution in [3.05, 3.63) is 541 Å². The molecule has 0 aliphatic rings. The largest absolute Gasteiger partial charge is 0.264 e. The van der Waals surface area contributed by atoms with Gasteiger partial charge >= 0.3 is 0 Å². The van der Waals surface area contributed by atoms with Gasteiger partial charge in [0, 0.05) is 92.8 Å². The molecule has 0 saturated carbocycles. The van der Waals surface area contributed by atoms with Crippen molar-refractivity contribution in [2.24, 2.45) is 0 Å². The molecule has 142 heavy (non-hydrogen) atoms. The van der Waals surface area contributed by atoms with Crippen LogP contribution in [0.3, 0.4) is 0 Å². The minimum atomic E-state index is 0.691. The van der Waals surface area contributed by atoms with E-state index in [1.54, 1.807) is 18.6 Å². The van der Waals surface area contributed by atoms with E-state index >= 15 is 0 Å². The second-order valence-corrected chi connectivity index (χ2v) is 35.2. The highest BCUT2D eigenvalue weighted by Crippen LogP contribution is 2.42. The second kappa shape index (κ2) is 40.1. The van der Waals surface area contributed by atoms with Gasteiger partial charge in [0.2, 0.25) is 0 Å². The molecule has 0 amide bonds. The molecule has 0 fully saturated rings. The fourth-order valence-corrected chi connectivity index (χ4v) is 18.7. The van der Waals surface area contributed by atoms with Crippen LogP contribution in [-0.4, -0.2) is 44.9 Å². The molecule has 0 N–H and O–H groups in total. The van der Waals surface area contributed by atoms with Crippen LogP contribution in [0.1, 0.15) is 0 Å². The van der Waals surface area contributed by atoms with Crippen molar-refractivity contribution in [1.82, 2.24) is 44.9 Å². The Labute approximate surface area is 824 Å². The summed E-state index contributed by atoms with van der Waals surface area (Å²) in [5.41, 5.74) is 35.2. The molecule has 25 rings (SSSR count). The van der Waals surface area contributed by atoms with Crippen LogP contribution in [0.15, 0.2) is 541 Å². The summed E-state index contributed by atoms with van der Waals surface area (Å²) in [7, 11) is 0. The molecule has 0 unspecified atom stereocenters. The highest BCUT2D eigenvalue weighted by Gasteiger charge is 2.20. The zero-order valence-electron chi connectivity index (χ0n) is 77.4. The number of aromatic nitrogens is 9. The van der Waals surface area contributed by atoms with Gasteiger partial charge in [-0.1, -0.05) is 449 Å². The van der Waals surface area contributed by atoms with Gasteiger partial charge < -0.3 is 0 Å². The van der Waals surface area contributed by atoms with E-state index in [4.69, 9.17) is 29.9 Å². The second-order valence-electron chi connectivity index (χ2n) is 35.2. The lowest BCUT2D eigenvalue weighted by Gasteiger charge is -2.13. The maximum absolute atomic E-state index is 5.14. The van der Waals surface area contributed by atoms with Crippen LogP contribution < -0.4 is 0 Å². The third-order valence-electron chi connectivity index (χ3n) is 26.2. The maximum Gasteiger partial charge on any atom is 0.160 e. The molecule has 0 radical (unpaired) electrons. The molecule has 19 aromatic carbocycles. The van der Waals surface area contributed by atoms with Crippen LogP contribution in [0, 0.1) is 0 Å². The lowest BCUT2D eigenvalue weighted by Crippen LogP contribution is -1.96. The predicted molar refractivity (Wildman–Crippen MR) is 587 cm³/mol. The van der Waals surface area contributed by atoms with E-state index in [-0.39, 0.29) is 0 Å². The maximum atomic E-state index is 5.14. The van der Waals surface area contributed by atoms with Crippen LogP contribution in [0.5, 0.6) is 0 Å². The van der Waals surface area contributed by atoms with E-state index in [2.05, 4.69) is 482 Å². The van der Waals surface area contributed by atoms with Crippen molar-refractivity contribution in [2.45, 2.75) is 0 Å². The van der Waals surface area contributed by atoms with Crippen molar-refractivity contribution >= 4 is 43.1 Å². The van der Waals surface area contributed by atoms with Crippen molar-refractivity contribution in [2.75, 3.05) is 0 Å². The monoisotopic (exact) mass is 1810 g/mol. The normalized spacial score (nSPS) is 11.1. The molecule has 0 bridgehead atoms. The molecule has 0 aliphatic carbocycles. The first-order valence-corrected chi connectivity index (χ1v) is 47.7. The molecule has 9 heteroatoms. The van der Waals surface area contributed by atoms with Gasteiger partial charge in [-0.05, 0) is 192 Å². The minimum Gasteiger partial charge on any atom is -0.264 e. The van der Waals surface area contributed by atoms with Crippen LogP contribution in [0.2, 0.25) is 0 Å². The lowest BCUT2D eigenvalue weighted by atomic mass is 9.93. The van der Waals surface area contributed by atoms with Gasteiger partial charge in [-0.2, -0.15) is 0 Å². The molecule has 0 atom stereocenters. The highest BCUT2D eigenvalue weighted by molar-refractivity contribution is 6.14. The summed E-state index contributed by atoms with van der Waals surface area (Å²) in [5.74, 6) is 2.08. The summed E-state index contributed by atoms with van der Waals surface area (Å²) < 4.78 is 0. The van der Waals surface area contributed by atoms with Gasteiger partial charge in [0.05, 0.1) is 34.2 Å².